The molecule has 1 aliphatic rings. The van der Waals surface area contributed by atoms with Crippen LogP contribution in [0.25, 0.3) is 17.2 Å². The predicted molar refractivity (Wildman–Crippen MR) is 95.9 cm³/mol. The van der Waals surface area contributed by atoms with Gasteiger partial charge < -0.3 is 9.47 Å². The van der Waals surface area contributed by atoms with Crippen LogP contribution in [0.4, 0.5) is 0 Å². The van der Waals surface area contributed by atoms with Crippen LogP contribution in [-0.2, 0) is 6.42 Å². The molecule has 130 valence electrons. The van der Waals surface area contributed by atoms with Gasteiger partial charge in [-0.2, -0.15) is 10.2 Å². The molecule has 8 heteroatoms. The van der Waals surface area contributed by atoms with Crippen molar-refractivity contribution >= 4 is 12.2 Å². The van der Waals surface area contributed by atoms with Gasteiger partial charge in [-0.15, -0.1) is 0 Å². The lowest BCUT2D eigenvalue weighted by Gasteiger charge is -2.19. The third kappa shape index (κ3) is 3.05. The van der Waals surface area contributed by atoms with Crippen LogP contribution in [0.1, 0.15) is 19.5 Å². The zero-order valence-corrected chi connectivity index (χ0v) is 14.9. The zero-order chi connectivity index (χ0) is 17.4. The highest BCUT2D eigenvalue weighted by atomic mass is 32.1. The highest BCUT2D eigenvalue weighted by Gasteiger charge is 2.17. The standard InChI is InChI=1S/C17H19N5O2S/c1-10(2)7-11-8-13(19-18-11)16-20-21-17(25)22(16)12-3-4-14-15(9-12)24-6-5-23-14/h3-4,8-10H,5-7H2,1-2H3,(H,18,19)(H,21,25). The Morgan fingerprint density at radius 3 is 2.72 bits per heavy atom. The van der Waals surface area contributed by atoms with Crippen molar-refractivity contribution in [3.05, 3.63) is 34.7 Å². The fourth-order valence-corrected chi connectivity index (χ4v) is 3.14. The van der Waals surface area contributed by atoms with Gasteiger partial charge in [0.15, 0.2) is 22.1 Å². The van der Waals surface area contributed by atoms with E-state index in [4.69, 9.17) is 21.7 Å². The normalized spacial score (nSPS) is 13.4. The number of benzene rings is 1. The summed E-state index contributed by atoms with van der Waals surface area (Å²) in [5.41, 5.74) is 2.68. The SMILES string of the molecule is CC(C)Cc1cc(-c2n[nH]c(=S)n2-c2ccc3c(c2)OCCO3)n[nH]1. The average molecular weight is 357 g/mol. The summed E-state index contributed by atoms with van der Waals surface area (Å²) in [7, 11) is 0. The Hall–Kier alpha value is -2.61. The Balaban J connectivity index is 1.75. The quantitative estimate of drug-likeness (QED) is 0.700. The van der Waals surface area contributed by atoms with Crippen molar-refractivity contribution in [1.82, 2.24) is 25.0 Å². The molecule has 1 aromatic carbocycles. The lowest BCUT2D eigenvalue weighted by atomic mass is 10.1. The number of aromatic nitrogens is 5. The molecule has 0 spiro atoms. The van der Waals surface area contributed by atoms with Gasteiger partial charge in [-0.1, -0.05) is 13.8 Å². The van der Waals surface area contributed by atoms with Gasteiger partial charge >= 0.3 is 0 Å². The number of rotatable bonds is 4. The molecule has 3 heterocycles. The van der Waals surface area contributed by atoms with Gasteiger partial charge in [0.2, 0.25) is 0 Å². The summed E-state index contributed by atoms with van der Waals surface area (Å²) < 4.78 is 13.6. The maximum atomic E-state index is 5.67. The van der Waals surface area contributed by atoms with Crippen molar-refractivity contribution in [3.63, 3.8) is 0 Å². The van der Waals surface area contributed by atoms with E-state index in [2.05, 4.69) is 34.2 Å². The van der Waals surface area contributed by atoms with E-state index in [1.165, 1.54) is 0 Å². The van der Waals surface area contributed by atoms with E-state index in [0.29, 0.717) is 35.5 Å². The van der Waals surface area contributed by atoms with Crippen molar-refractivity contribution in [1.29, 1.82) is 0 Å². The summed E-state index contributed by atoms with van der Waals surface area (Å²) in [6.45, 7) is 5.45. The van der Waals surface area contributed by atoms with Crippen molar-refractivity contribution < 1.29 is 9.47 Å². The van der Waals surface area contributed by atoms with Gasteiger partial charge in [-0.05, 0) is 42.8 Å². The van der Waals surface area contributed by atoms with Crippen molar-refractivity contribution in [3.8, 4) is 28.7 Å². The number of ether oxygens (including phenoxy) is 2. The minimum Gasteiger partial charge on any atom is -0.486 e. The van der Waals surface area contributed by atoms with Gasteiger partial charge in [0.25, 0.3) is 0 Å². The van der Waals surface area contributed by atoms with Gasteiger partial charge in [-0.3, -0.25) is 14.8 Å². The number of aromatic amines is 2. The van der Waals surface area contributed by atoms with E-state index in [9.17, 15) is 0 Å². The van der Waals surface area contributed by atoms with Crippen LogP contribution in [0.2, 0.25) is 0 Å². The molecule has 7 nitrogen and oxygen atoms in total. The van der Waals surface area contributed by atoms with Crippen molar-refractivity contribution in [2.24, 2.45) is 5.92 Å². The molecule has 2 aromatic heterocycles. The third-order valence-electron chi connectivity index (χ3n) is 3.94. The molecule has 0 amide bonds. The highest BCUT2D eigenvalue weighted by Crippen LogP contribution is 2.33. The van der Waals surface area contributed by atoms with Crippen LogP contribution in [0.5, 0.6) is 11.5 Å². The number of hydrogen-bond donors (Lipinski definition) is 2. The maximum absolute atomic E-state index is 5.67. The van der Waals surface area contributed by atoms with E-state index in [1.807, 2.05) is 28.8 Å². The molecule has 2 N–H and O–H groups in total. The lowest BCUT2D eigenvalue weighted by Crippen LogP contribution is -2.15. The first kappa shape index (κ1) is 15.9. The lowest BCUT2D eigenvalue weighted by molar-refractivity contribution is 0.171. The number of fused-ring (bicyclic) bond motifs is 1. The first-order valence-electron chi connectivity index (χ1n) is 8.24. The smallest absolute Gasteiger partial charge is 0.200 e. The summed E-state index contributed by atoms with van der Waals surface area (Å²) in [6, 6.07) is 7.74. The van der Waals surface area contributed by atoms with Gasteiger partial charge in [-0.25, -0.2) is 0 Å². The molecule has 1 aliphatic heterocycles. The Morgan fingerprint density at radius 1 is 1.12 bits per heavy atom. The summed E-state index contributed by atoms with van der Waals surface area (Å²) in [4.78, 5) is 0. The molecule has 0 saturated carbocycles. The Bertz CT molecular complexity index is 956. The molecule has 0 unspecified atom stereocenters. The second kappa shape index (κ2) is 6.36. The topological polar surface area (TPSA) is 80.8 Å². The van der Waals surface area contributed by atoms with Crippen LogP contribution >= 0.6 is 12.2 Å². The molecule has 3 aromatic rings. The van der Waals surface area contributed by atoms with E-state index in [0.717, 1.165) is 29.2 Å². The van der Waals surface area contributed by atoms with Gasteiger partial charge in [0.1, 0.15) is 18.9 Å². The van der Waals surface area contributed by atoms with Gasteiger partial charge in [0.05, 0.1) is 5.69 Å². The van der Waals surface area contributed by atoms with Crippen LogP contribution in [-0.4, -0.2) is 38.2 Å². The maximum Gasteiger partial charge on any atom is 0.200 e. The molecule has 25 heavy (non-hydrogen) atoms. The minimum atomic E-state index is 0.500. The summed E-state index contributed by atoms with van der Waals surface area (Å²) >= 11 is 5.42. The van der Waals surface area contributed by atoms with E-state index in [1.54, 1.807) is 0 Å². The molecule has 0 atom stereocenters. The Kier molecular flexibility index (Phi) is 4.04. The Morgan fingerprint density at radius 2 is 1.92 bits per heavy atom. The minimum absolute atomic E-state index is 0.500. The first-order valence-corrected chi connectivity index (χ1v) is 8.65. The molecule has 0 bridgehead atoms. The van der Waals surface area contributed by atoms with Crippen molar-refractivity contribution in [2.45, 2.75) is 20.3 Å². The fraction of sp³-hybridized carbons (Fsp3) is 0.353. The number of nitrogens with one attached hydrogen (secondary N) is 2. The summed E-state index contributed by atoms with van der Waals surface area (Å²) in [5.74, 6) is 2.66. The average Bonchev–Trinajstić information content (AvgIpc) is 3.20. The molecule has 0 saturated heterocycles. The molecule has 0 aliphatic carbocycles. The highest BCUT2D eigenvalue weighted by molar-refractivity contribution is 7.71. The second-order valence-corrected chi connectivity index (χ2v) is 6.78. The molecule has 0 fully saturated rings. The van der Waals surface area contributed by atoms with Crippen LogP contribution in [0, 0.1) is 10.7 Å². The van der Waals surface area contributed by atoms with Crippen molar-refractivity contribution in [2.75, 3.05) is 13.2 Å². The summed E-state index contributed by atoms with van der Waals surface area (Å²) in [6.07, 6.45) is 0.933. The number of H-pyrrole nitrogens is 2. The van der Waals surface area contributed by atoms with E-state index >= 15 is 0 Å². The predicted octanol–water partition coefficient (Wildman–Crippen LogP) is 3.29. The molecular weight excluding hydrogens is 338 g/mol. The number of nitrogens with zero attached hydrogens (tertiary/aromatic N) is 3. The van der Waals surface area contributed by atoms with E-state index < -0.39 is 0 Å². The summed E-state index contributed by atoms with van der Waals surface area (Å²) in [5, 5.41) is 14.7. The molecule has 4 rings (SSSR count). The molecular formula is C17H19N5O2S. The number of hydrogen-bond acceptors (Lipinski definition) is 5. The third-order valence-corrected chi connectivity index (χ3v) is 4.22. The van der Waals surface area contributed by atoms with E-state index in [-0.39, 0.29) is 0 Å². The first-order chi connectivity index (χ1) is 12.1. The monoisotopic (exact) mass is 357 g/mol. The zero-order valence-electron chi connectivity index (χ0n) is 14.1. The van der Waals surface area contributed by atoms with Crippen LogP contribution < -0.4 is 9.47 Å². The largest absolute Gasteiger partial charge is 0.486 e. The van der Waals surface area contributed by atoms with Gasteiger partial charge in [0, 0.05) is 11.8 Å². The fourth-order valence-electron chi connectivity index (χ4n) is 2.90. The second-order valence-electron chi connectivity index (χ2n) is 6.39. The van der Waals surface area contributed by atoms with Crippen LogP contribution in [0.3, 0.4) is 0 Å². The van der Waals surface area contributed by atoms with Crippen LogP contribution in [0.15, 0.2) is 24.3 Å². The Labute approximate surface area is 150 Å². The molecule has 0 radical (unpaired) electrons.